The molecule has 0 unspecified atom stereocenters. The topological polar surface area (TPSA) is 78.5 Å². The minimum Gasteiger partial charge on any atom is -0.493 e. The van der Waals surface area contributed by atoms with Crippen molar-refractivity contribution >= 4 is 18.3 Å². The quantitative estimate of drug-likeness (QED) is 0.220. The standard InChI is InChI=1S/C33H42N2O6.ClH/c1-24(2)35(33(36)26-14-15-31(38-4)32(19-26)39-17-9-16-37-3)27-18-25(21-34-22-27)23-40-29-12-8-13-30(20-29)41-28-10-6-5-7-11-28;/h5-8,10-15,19-20,24-25,27,34H,9,16-18,21-23H2,1-4H3;1H/t25-,27+;/m0./s1. The van der Waals surface area contributed by atoms with Crippen molar-refractivity contribution in [1.82, 2.24) is 10.2 Å². The molecule has 1 amide bonds. The molecular weight excluding hydrogens is 556 g/mol. The maximum absolute atomic E-state index is 13.8. The van der Waals surface area contributed by atoms with Crippen LogP contribution in [0.25, 0.3) is 0 Å². The van der Waals surface area contributed by atoms with Gasteiger partial charge in [-0.05, 0) is 62.7 Å². The molecule has 0 aromatic heterocycles. The summed E-state index contributed by atoms with van der Waals surface area (Å²) in [5.74, 6) is 3.65. The molecule has 9 heteroatoms. The summed E-state index contributed by atoms with van der Waals surface area (Å²) in [5, 5.41) is 3.52. The van der Waals surface area contributed by atoms with Crippen molar-refractivity contribution in [2.75, 3.05) is 47.1 Å². The molecule has 1 heterocycles. The maximum atomic E-state index is 13.8. The highest BCUT2D eigenvalue weighted by molar-refractivity contribution is 5.95. The fourth-order valence-corrected chi connectivity index (χ4v) is 5.09. The summed E-state index contributed by atoms with van der Waals surface area (Å²) in [6.45, 7) is 7.31. The Morgan fingerprint density at radius 2 is 1.64 bits per heavy atom. The number of piperidine rings is 1. The number of amides is 1. The summed E-state index contributed by atoms with van der Waals surface area (Å²) < 4.78 is 28.6. The predicted octanol–water partition coefficient (Wildman–Crippen LogP) is 6.23. The van der Waals surface area contributed by atoms with E-state index in [0.717, 1.165) is 43.2 Å². The van der Waals surface area contributed by atoms with E-state index in [2.05, 4.69) is 19.2 Å². The first-order valence-electron chi connectivity index (χ1n) is 14.3. The first-order chi connectivity index (χ1) is 20.0. The molecule has 42 heavy (non-hydrogen) atoms. The zero-order chi connectivity index (χ0) is 29.0. The van der Waals surface area contributed by atoms with Crippen molar-refractivity contribution in [2.24, 2.45) is 5.92 Å². The molecule has 0 saturated carbocycles. The molecule has 3 aromatic rings. The van der Waals surface area contributed by atoms with Crippen LogP contribution in [-0.2, 0) is 4.74 Å². The summed E-state index contributed by atoms with van der Waals surface area (Å²) in [4.78, 5) is 15.8. The van der Waals surface area contributed by atoms with E-state index in [4.69, 9.17) is 23.7 Å². The Hall–Kier alpha value is -3.46. The molecule has 2 atom stereocenters. The van der Waals surface area contributed by atoms with Crippen LogP contribution in [0.5, 0.6) is 28.7 Å². The smallest absolute Gasteiger partial charge is 0.254 e. The van der Waals surface area contributed by atoms with E-state index in [1.807, 2.05) is 59.5 Å². The van der Waals surface area contributed by atoms with Crippen LogP contribution >= 0.6 is 12.4 Å². The number of rotatable bonds is 14. The molecule has 0 radical (unpaired) electrons. The molecule has 8 nitrogen and oxygen atoms in total. The van der Waals surface area contributed by atoms with E-state index in [0.29, 0.717) is 36.9 Å². The molecule has 1 aliphatic heterocycles. The minimum atomic E-state index is -0.0245. The van der Waals surface area contributed by atoms with Crippen molar-refractivity contribution in [3.05, 3.63) is 78.4 Å². The number of nitrogens with zero attached hydrogens (tertiary/aromatic N) is 1. The average molecular weight is 599 g/mol. The van der Waals surface area contributed by atoms with Gasteiger partial charge in [0, 0.05) is 62.9 Å². The van der Waals surface area contributed by atoms with Crippen LogP contribution in [0.15, 0.2) is 72.8 Å². The number of hydrogen-bond acceptors (Lipinski definition) is 7. The second-order valence-electron chi connectivity index (χ2n) is 10.5. The summed E-state index contributed by atoms with van der Waals surface area (Å²) in [6, 6.07) is 22.8. The van der Waals surface area contributed by atoms with Crippen LogP contribution in [0, 0.1) is 5.92 Å². The Morgan fingerprint density at radius 1 is 0.881 bits per heavy atom. The van der Waals surface area contributed by atoms with Gasteiger partial charge in [0.25, 0.3) is 5.91 Å². The Labute approximate surface area is 255 Å². The largest absolute Gasteiger partial charge is 0.493 e. The van der Waals surface area contributed by atoms with E-state index in [1.54, 1.807) is 32.4 Å². The van der Waals surface area contributed by atoms with Gasteiger partial charge in [0.1, 0.15) is 17.2 Å². The molecule has 0 aliphatic carbocycles. The van der Waals surface area contributed by atoms with E-state index < -0.39 is 0 Å². The van der Waals surface area contributed by atoms with Gasteiger partial charge in [0.2, 0.25) is 0 Å². The molecule has 0 spiro atoms. The van der Waals surface area contributed by atoms with Crippen molar-refractivity contribution in [1.29, 1.82) is 0 Å². The van der Waals surface area contributed by atoms with Gasteiger partial charge >= 0.3 is 0 Å². The van der Waals surface area contributed by atoms with Crippen LogP contribution in [0.3, 0.4) is 0 Å². The van der Waals surface area contributed by atoms with Crippen LogP contribution in [0.1, 0.15) is 37.0 Å². The zero-order valence-corrected chi connectivity index (χ0v) is 25.7. The van der Waals surface area contributed by atoms with Gasteiger partial charge in [-0.25, -0.2) is 0 Å². The van der Waals surface area contributed by atoms with Crippen molar-refractivity contribution in [2.45, 2.75) is 38.8 Å². The summed E-state index contributed by atoms with van der Waals surface area (Å²) >= 11 is 0. The summed E-state index contributed by atoms with van der Waals surface area (Å²) in [7, 11) is 3.26. The highest BCUT2D eigenvalue weighted by atomic mass is 35.5. The number of carbonyl (C=O) groups is 1. The third-order valence-electron chi connectivity index (χ3n) is 7.03. The third-order valence-corrected chi connectivity index (χ3v) is 7.03. The highest BCUT2D eigenvalue weighted by Crippen LogP contribution is 2.31. The number of nitrogens with one attached hydrogen (secondary N) is 1. The second-order valence-corrected chi connectivity index (χ2v) is 10.5. The van der Waals surface area contributed by atoms with Gasteiger partial charge in [-0.1, -0.05) is 24.3 Å². The molecule has 0 bridgehead atoms. The monoisotopic (exact) mass is 598 g/mol. The van der Waals surface area contributed by atoms with Crippen molar-refractivity contribution in [3.63, 3.8) is 0 Å². The van der Waals surface area contributed by atoms with Gasteiger partial charge < -0.3 is 33.9 Å². The molecule has 1 aliphatic rings. The van der Waals surface area contributed by atoms with E-state index in [-0.39, 0.29) is 36.3 Å². The van der Waals surface area contributed by atoms with Crippen LogP contribution in [0.2, 0.25) is 0 Å². The molecule has 4 rings (SSSR count). The molecule has 1 fully saturated rings. The molecular formula is C33H43ClN2O6. The van der Waals surface area contributed by atoms with Gasteiger partial charge in [-0.2, -0.15) is 0 Å². The first kappa shape index (κ1) is 33.0. The lowest BCUT2D eigenvalue weighted by atomic mass is 9.94. The Kier molecular flexibility index (Phi) is 13.3. The van der Waals surface area contributed by atoms with Crippen molar-refractivity contribution < 1.29 is 28.5 Å². The van der Waals surface area contributed by atoms with Crippen molar-refractivity contribution in [3.8, 4) is 28.7 Å². The molecule has 1 saturated heterocycles. The normalized spacial score (nSPS) is 16.3. The fourth-order valence-electron chi connectivity index (χ4n) is 5.09. The molecule has 3 aromatic carbocycles. The SMILES string of the molecule is COCCCOc1cc(C(=O)N(C(C)C)[C@H]2CNC[C@@H](COc3cccc(Oc4ccccc4)c3)C2)ccc1OC.Cl. The Bertz CT molecular complexity index is 1240. The predicted molar refractivity (Wildman–Crippen MR) is 167 cm³/mol. The maximum Gasteiger partial charge on any atom is 0.254 e. The zero-order valence-electron chi connectivity index (χ0n) is 24.9. The fraction of sp³-hybridized carbons (Fsp3) is 0.424. The minimum absolute atomic E-state index is 0. The third kappa shape index (κ3) is 9.28. The number of ether oxygens (including phenoxy) is 5. The van der Waals surface area contributed by atoms with Crippen LogP contribution in [-0.4, -0.2) is 70.0 Å². The number of methoxy groups -OCH3 is 2. The average Bonchev–Trinajstić information content (AvgIpc) is 2.99. The van der Waals surface area contributed by atoms with E-state index >= 15 is 0 Å². The Morgan fingerprint density at radius 3 is 2.38 bits per heavy atom. The summed E-state index contributed by atoms with van der Waals surface area (Å²) in [5.41, 5.74) is 0.579. The lowest BCUT2D eigenvalue weighted by Crippen LogP contribution is -2.54. The van der Waals surface area contributed by atoms with Gasteiger partial charge in [0.05, 0.1) is 20.3 Å². The van der Waals surface area contributed by atoms with Gasteiger partial charge in [0.15, 0.2) is 11.5 Å². The molecule has 228 valence electrons. The summed E-state index contributed by atoms with van der Waals surface area (Å²) in [6.07, 6.45) is 1.59. The number of hydrogen-bond donors (Lipinski definition) is 1. The van der Waals surface area contributed by atoms with Crippen LogP contribution < -0.4 is 24.3 Å². The molecule has 1 N–H and O–H groups in total. The van der Waals surface area contributed by atoms with Gasteiger partial charge in [-0.3, -0.25) is 4.79 Å². The van der Waals surface area contributed by atoms with E-state index in [1.165, 1.54) is 0 Å². The second kappa shape index (κ2) is 16.9. The van der Waals surface area contributed by atoms with E-state index in [9.17, 15) is 4.79 Å². The number of para-hydroxylation sites is 1. The highest BCUT2D eigenvalue weighted by Gasteiger charge is 2.32. The number of carbonyl (C=O) groups excluding carboxylic acids is 1. The lowest BCUT2D eigenvalue weighted by molar-refractivity contribution is 0.0509. The number of halogens is 1. The van der Waals surface area contributed by atoms with Gasteiger partial charge in [-0.15, -0.1) is 12.4 Å². The Balaban J connectivity index is 0.00000484. The van der Waals surface area contributed by atoms with Crippen LogP contribution in [0.4, 0.5) is 0 Å². The number of benzene rings is 3. The lowest BCUT2D eigenvalue weighted by Gasteiger charge is -2.40. The first-order valence-corrected chi connectivity index (χ1v) is 14.3.